The van der Waals surface area contributed by atoms with E-state index in [-0.39, 0.29) is 24.2 Å². The number of likely N-dealkylation sites (N-methyl/N-ethyl adjacent to an activating group) is 1. The largest absolute Gasteiger partial charge is 0.392 e. The molecule has 0 spiro atoms. The van der Waals surface area contributed by atoms with Crippen LogP contribution in [-0.4, -0.2) is 68.3 Å². The lowest BCUT2D eigenvalue weighted by Crippen LogP contribution is -2.30. The molecule has 29 heavy (non-hydrogen) atoms. The predicted octanol–water partition coefficient (Wildman–Crippen LogP) is 1.76. The Bertz CT molecular complexity index is 713. The van der Waals surface area contributed by atoms with Gasteiger partial charge in [0.05, 0.1) is 0 Å². The summed E-state index contributed by atoms with van der Waals surface area (Å²) in [5, 5.41) is 2.93. The van der Waals surface area contributed by atoms with E-state index >= 15 is 0 Å². The standard InChI is InChI=1S/C22H33N3O4/c1-17(23-3)13-21(27)14-19-7-9-20(10-8-19)15-25(5)22(28)16-29-12-6-11-24(4)18(2)26/h7-10,13,23H,6,11-12,14-16H2,1-5H3/b17-13-. The zero-order valence-electron chi connectivity index (χ0n) is 18.2. The molecule has 7 nitrogen and oxygen atoms in total. The number of rotatable bonds is 12. The number of nitrogens with one attached hydrogen (secondary N) is 1. The Morgan fingerprint density at radius 1 is 1.03 bits per heavy atom. The Balaban J connectivity index is 2.38. The minimum Gasteiger partial charge on any atom is -0.392 e. The highest BCUT2D eigenvalue weighted by Crippen LogP contribution is 2.09. The van der Waals surface area contributed by atoms with Gasteiger partial charge >= 0.3 is 0 Å². The molecule has 0 atom stereocenters. The summed E-state index contributed by atoms with van der Waals surface area (Å²) in [5.74, 6) is -0.0406. The van der Waals surface area contributed by atoms with Gasteiger partial charge in [-0.1, -0.05) is 24.3 Å². The third-order valence-electron chi connectivity index (χ3n) is 4.56. The zero-order chi connectivity index (χ0) is 21.8. The van der Waals surface area contributed by atoms with E-state index in [0.29, 0.717) is 32.5 Å². The quantitative estimate of drug-likeness (QED) is 0.425. The minimum absolute atomic E-state index is 0.0146. The van der Waals surface area contributed by atoms with Gasteiger partial charge in [-0.15, -0.1) is 0 Å². The van der Waals surface area contributed by atoms with Gasteiger partial charge in [0.25, 0.3) is 0 Å². The number of carbonyl (C=O) groups is 3. The Hall–Kier alpha value is -2.67. The lowest BCUT2D eigenvalue weighted by atomic mass is 10.1. The normalized spacial score (nSPS) is 11.1. The van der Waals surface area contributed by atoms with Crippen LogP contribution in [0.2, 0.25) is 0 Å². The van der Waals surface area contributed by atoms with Gasteiger partial charge < -0.3 is 19.9 Å². The molecule has 0 heterocycles. The summed E-state index contributed by atoms with van der Waals surface area (Å²) in [7, 11) is 5.25. The van der Waals surface area contributed by atoms with Crippen molar-refractivity contribution in [3.8, 4) is 0 Å². The van der Waals surface area contributed by atoms with Crippen LogP contribution in [0, 0.1) is 0 Å². The molecule has 1 N–H and O–H groups in total. The number of nitrogens with zero attached hydrogens (tertiary/aromatic N) is 2. The van der Waals surface area contributed by atoms with Gasteiger partial charge in [-0.2, -0.15) is 0 Å². The molecule has 1 rings (SSSR count). The fraction of sp³-hybridized carbons (Fsp3) is 0.500. The molecule has 160 valence electrons. The van der Waals surface area contributed by atoms with E-state index in [9.17, 15) is 14.4 Å². The van der Waals surface area contributed by atoms with Crippen LogP contribution in [-0.2, 0) is 32.1 Å². The first-order valence-corrected chi connectivity index (χ1v) is 9.73. The first-order valence-electron chi connectivity index (χ1n) is 9.73. The van der Waals surface area contributed by atoms with E-state index in [1.165, 1.54) is 6.92 Å². The molecule has 0 unspecified atom stereocenters. The maximum Gasteiger partial charge on any atom is 0.248 e. The number of ketones is 1. The van der Waals surface area contributed by atoms with Gasteiger partial charge in [-0.25, -0.2) is 0 Å². The summed E-state index contributed by atoms with van der Waals surface area (Å²) in [6.07, 6.45) is 2.63. The van der Waals surface area contributed by atoms with Crippen molar-refractivity contribution in [2.75, 3.05) is 40.9 Å². The molecule has 0 aliphatic carbocycles. The van der Waals surface area contributed by atoms with Crippen molar-refractivity contribution in [1.29, 1.82) is 0 Å². The molecule has 0 aliphatic heterocycles. The van der Waals surface area contributed by atoms with Gasteiger partial charge in [-0.05, 0) is 24.5 Å². The van der Waals surface area contributed by atoms with Crippen LogP contribution in [0.3, 0.4) is 0 Å². The molecule has 0 saturated carbocycles. The number of hydrogen-bond donors (Lipinski definition) is 1. The second kappa shape index (κ2) is 12.7. The predicted molar refractivity (Wildman–Crippen MR) is 113 cm³/mol. The van der Waals surface area contributed by atoms with Crippen LogP contribution < -0.4 is 5.32 Å². The smallest absolute Gasteiger partial charge is 0.248 e. The van der Waals surface area contributed by atoms with Gasteiger partial charge in [0, 0.05) is 66.0 Å². The number of hydrogen-bond acceptors (Lipinski definition) is 5. The zero-order valence-corrected chi connectivity index (χ0v) is 18.2. The molecule has 0 bridgehead atoms. The number of benzene rings is 1. The molecule has 0 saturated heterocycles. The van der Waals surface area contributed by atoms with Crippen LogP contribution in [0.15, 0.2) is 36.0 Å². The van der Waals surface area contributed by atoms with E-state index in [0.717, 1.165) is 16.8 Å². The van der Waals surface area contributed by atoms with E-state index in [1.54, 1.807) is 37.0 Å². The van der Waals surface area contributed by atoms with E-state index in [1.807, 2.05) is 31.2 Å². The van der Waals surface area contributed by atoms with Crippen molar-refractivity contribution < 1.29 is 19.1 Å². The number of allylic oxidation sites excluding steroid dienone is 2. The minimum atomic E-state index is -0.100. The summed E-state index contributed by atoms with van der Waals surface area (Å²) in [6.45, 7) is 4.90. The average Bonchev–Trinajstić information content (AvgIpc) is 2.68. The fourth-order valence-corrected chi connectivity index (χ4v) is 2.52. The second-order valence-electron chi connectivity index (χ2n) is 7.13. The molecular weight excluding hydrogens is 370 g/mol. The van der Waals surface area contributed by atoms with Crippen molar-refractivity contribution in [2.45, 2.75) is 33.2 Å². The lowest BCUT2D eigenvalue weighted by molar-refractivity contribution is -0.135. The molecular formula is C22H33N3O4. The van der Waals surface area contributed by atoms with Crippen molar-refractivity contribution in [2.24, 2.45) is 0 Å². The van der Waals surface area contributed by atoms with E-state index in [2.05, 4.69) is 5.32 Å². The molecule has 0 aromatic heterocycles. The van der Waals surface area contributed by atoms with Crippen LogP contribution in [0.4, 0.5) is 0 Å². The Morgan fingerprint density at radius 2 is 1.66 bits per heavy atom. The summed E-state index contributed by atoms with van der Waals surface area (Å²) in [4.78, 5) is 38.5. The third-order valence-corrected chi connectivity index (χ3v) is 4.56. The summed E-state index contributed by atoms with van der Waals surface area (Å²) < 4.78 is 5.41. The van der Waals surface area contributed by atoms with Crippen molar-refractivity contribution in [3.63, 3.8) is 0 Å². The van der Waals surface area contributed by atoms with Crippen molar-refractivity contribution in [1.82, 2.24) is 15.1 Å². The SMILES string of the molecule is CN/C(C)=C\C(=O)Cc1ccc(CN(C)C(=O)COCCCN(C)C(C)=O)cc1. The van der Waals surface area contributed by atoms with E-state index < -0.39 is 0 Å². The Labute approximate surface area is 173 Å². The molecule has 1 aromatic rings. The summed E-state index contributed by atoms with van der Waals surface area (Å²) in [5.41, 5.74) is 2.76. The highest BCUT2D eigenvalue weighted by molar-refractivity contribution is 5.91. The van der Waals surface area contributed by atoms with Gasteiger partial charge in [0.15, 0.2) is 5.78 Å². The maximum atomic E-state index is 12.2. The van der Waals surface area contributed by atoms with E-state index in [4.69, 9.17) is 4.74 Å². The summed E-state index contributed by atoms with van der Waals surface area (Å²) in [6, 6.07) is 7.69. The fourth-order valence-electron chi connectivity index (χ4n) is 2.52. The molecule has 1 aromatic carbocycles. The van der Waals surface area contributed by atoms with Crippen LogP contribution in [0.1, 0.15) is 31.4 Å². The maximum absolute atomic E-state index is 12.2. The molecule has 2 amide bonds. The van der Waals surface area contributed by atoms with Crippen LogP contribution in [0.25, 0.3) is 0 Å². The first-order chi connectivity index (χ1) is 13.7. The molecule has 7 heteroatoms. The number of carbonyl (C=O) groups excluding carboxylic acids is 3. The van der Waals surface area contributed by atoms with Crippen LogP contribution >= 0.6 is 0 Å². The van der Waals surface area contributed by atoms with Gasteiger partial charge in [-0.3, -0.25) is 14.4 Å². The second-order valence-corrected chi connectivity index (χ2v) is 7.13. The van der Waals surface area contributed by atoms with Crippen molar-refractivity contribution in [3.05, 3.63) is 47.2 Å². The third kappa shape index (κ3) is 9.89. The first kappa shape index (κ1) is 24.4. The van der Waals surface area contributed by atoms with Crippen LogP contribution in [0.5, 0.6) is 0 Å². The van der Waals surface area contributed by atoms with Crippen molar-refractivity contribution >= 4 is 17.6 Å². The monoisotopic (exact) mass is 403 g/mol. The highest BCUT2D eigenvalue weighted by atomic mass is 16.5. The number of ether oxygens (including phenoxy) is 1. The van der Waals surface area contributed by atoms with Gasteiger partial charge in [0.2, 0.25) is 11.8 Å². The number of amides is 2. The lowest BCUT2D eigenvalue weighted by Gasteiger charge is -2.18. The molecule has 0 aliphatic rings. The topological polar surface area (TPSA) is 79.0 Å². The van der Waals surface area contributed by atoms with Gasteiger partial charge in [0.1, 0.15) is 6.61 Å². The summed E-state index contributed by atoms with van der Waals surface area (Å²) >= 11 is 0. The average molecular weight is 404 g/mol. The molecule has 0 fully saturated rings. The highest BCUT2D eigenvalue weighted by Gasteiger charge is 2.10. The molecule has 0 radical (unpaired) electrons. The Kier molecular flexibility index (Phi) is 10.7. The Morgan fingerprint density at radius 3 is 2.24 bits per heavy atom.